The Hall–Kier alpha value is -5.92. The number of aliphatic carboxylic acids is 1. The number of carboxylic acids is 1. The van der Waals surface area contributed by atoms with Gasteiger partial charge in [-0.2, -0.15) is 0 Å². The molecule has 1 saturated heterocycles. The molecular weight excluding hydrogens is 973 g/mol. The van der Waals surface area contributed by atoms with Gasteiger partial charge in [-0.15, -0.1) is 0 Å². The third-order valence-corrected chi connectivity index (χ3v) is 11.3. The maximum Gasteiger partial charge on any atom is 0.335 e. The number of rotatable bonds is 44. The van der Waals surface area contributed by atoms with E-state index in [1.165, 1.54) is 0 Å². The highest BCUT2D eigenvalue weighted by Gasteiger charge is 2.50. The topological polar surface area (TPSA) is 175 Å². The summed E-state index contributed by atoms with van der Waals surface area (Å²) in [6.07, 6.45) is 63.7. The van der Waals surface area contributed by atoms with Crippen molar-refractivity contribution in [2.75, 3.05) is 13.2 Å². The number of carbonyl (C=O) groups excluding carboxylic acids is 3. The maximum absolute atomic E-state index is 13.1. The first kappa shape index (κ1) is 69.1. The quantitative estimate of drug-likeness (QED) is 0.0228. The molecule has 12 heteroatoms. The monoisotopic (exact) mass is 1070 g/mol. The molecule has 1 aliphatic heterocycles. The zero-order chi connectivity index (χ0) is 56.1. The molecule has 0 spiro atoms. The standard InChI is InChI=1S/C65H94O12/c1-4-7-10-13-16-19-22-25-28-29-32-33-36-39-42-45-48-51-57(66)73-54-56(75-58(67)52-49-46-43-40-37-34-30-26-23-20-17-14-11-8-5-2)55-74-65-63(61(70)60(69)62(77-65)64(71)72)76-59(68)53-50-47-44-41-38-35-31-27-24-21-18-15-12-9-6-3/h7-12,16-21,25-28,30-33,37-42,46,49,56,60-63,65,69-70H,4-6,13-15,22-24,29,34-36,43-45,47-48,50-55H2,1-3H3,(H,71,72)/b10-7-,11-8-,12-9-,19-16-,20-17-,21-18-,28-25-,30-26-,31-27-,33-32-,40-37-,41-38-,42-39-,49-46-. The van der Waals surface area contributed by atoms with E-state index in [0.717, 1.165) is 89.9 Å². The van der Waals surface area contributed by atoms with Gasteiger partial charge in [0.15, 0.2) is 24.6 Å². The van der Waals surface area contributed by atoms with E-state index in [2.05, 4.69) is 148 Å². The maximum atomic E-state index is 13.1. The Balaban J connectivity index is 2.84. The third-order valence-electron chi connectivity index (χ3n) is 11.3. The number of ether oxygens (including phenoxy) is 5. The minimum atomic E-state index is -1.95. The number of aliphatic hydroxyl groups excluding tert-OH is 2. The fourth-order valence-corrected chi connectivity index (χ4v) is 7.11. The largest absolute Gasteiger partial charge is 0.479 e. The van der Waals surface area contributed by atoms with E-state index in [1.54, 1.807) is 6.08 Å². The van der Waals surface area contributed by atoms with Gasteiger partial charge in [0.2, 0.25) is 0 Å². The Labute approximate surface area is 462 Å². The third kappa shape index (κ3) is 40.9. The molecule has 0 amide bonds. The number of carbonyl (C=O) groups is 4. The Kier molecular flexibility index (Phi) is 45.6. The van der Waals surface area contributed by atoms with Crippen molar-refractivity contribution in [3.63, 3.8) is 0 Å². The van der Waals surface area contributed by atoms with Gasteiger partial charge in [0.1, 0.15) is 18.8 Å². The normalized spacial score (nSPS) is 19.3. The van der Waals surface area contributed by atoms with Crippen LogP contribution in [-0.2, 0) is 42.9 Å². The van der Waals surface area contributed by atoms with E-state index < -0.39 is 73.9 Å². The van der Waals surface area contributed by atoms with E-state index in [9.17, 15) is 34.5 Å². The lowest BCUT2D eigenvalue weighted by Gasteiger charge is -2.40. The van der Waals surface area contributed by atoms with Gasteiger partial charge in [0, 0.05) is 12.8 Å². The first-order valence-electron chi connectivity index (χ1n) is 28.1. The number of hydrogen-bond acceptors (Lipinski definition) is 11. The first-order valence-corrected chi connectivity index (χ1v) is 28.1. The van der Waals surface area contributed by atoms with Crippen LogP contribution in [-0.4, -0.2) is 89.2 Å². The summed E-state index contributed by atoms with van der Waals surface area (Å²) in [5, 5.41) is 31.4. The van der Waals surface area contributed by atoms with Crippen LogP contribution in [0.1, 0.15) is 162 Å². The molecule has 0 aromatic carbocycles. The van der Waals surface area contributed by atoms with Crippen LogP contribution in [0.25, 0.3) is 0 Å². The van der Waals surface area contributed by atoms with Gasteiger partial charge in [0.05, 0.1) is 13.0 Å². The number of esters is 3. The molecule has 1 aliphatic rings. The summed E-state index contributed by atoms with van der Waals surface area (Å²) in [4.78, 5) is 51.0. The van der Waals surface area contributed by atoms with Gasteiger partial charge in [-0.1, -0.05) is 191 Å². The highest BCUT2D eigenvalue weighted by molar-refractivity contribution is 5.74. The van der Waals surface area contributed by atoms with E-state index in [4.69, 9.17) is 23.7 Å². The predicted octanol–water partition coefficient (Wildman–Crippen LogP) is 14.3. The van der Waals surface area contributed by atoms with Gasteiger partial charge in [-0.05, 0) is 122 Å². The number of carboxylic acid groups (broad SMARTS) is 1. The van der Waals surface area contributed by atoms with Crippen molar-refractivity contribution in [1.29, 1.82) is 0 Å². The summed E-state index contributed by atoms with van der Waals surface area (Å²) in [6.45, 7) is 5.46. The van der Waals surface area contributed by atoms with E-state index in [-0.39, 0.29) is 19.3 Å². The summed E-state index contributed by atoms with van der Waals surface area (Å²) >= 11 is 0. The lowest BCUT2D eigenvalue weighted by atomic mass is 9.98. The van der Waals surface area contributed by atoms with Crippen molar-refractivity contribution in [1.82, 2.24) is 0 Å². The molecule has 12 nitrogen and oxygen atoms in total. The van der Waals surface area contributed by atoms with Crippen LogP contribution >= 0.6 is 0 Å². The number of unbranched alkanes of at least 4 members (excludes halogenated alkanes) is 3. The van der Waals surface area contributed by atoms with Crippen LogP contribution in [0.5, 0.6) is 0 Å². The molecule has 426 valence electrons. The SMILES string of the molecule is CC/C=C\C/C=C\C/C=C\C/C=C\C/C=C\CCCC(=O)OCC(COC1OC(C(=O)O)C(O)C(O)C1OC(=O)CCCC/C=C\C/C=C\C/C=C\C/C=C\CC)OC(=O)C/C=C\C/C=C\C/C=C\C/C=C\C/C=C\CC. The molecule has 0 aromatic heterocycles. The summed E-state index contributed by atoms with van der Waals surface area (Å²) in [5.74, 6) is -3.46. The van der Waals surface area contributed by atoms with Gasteiger partial charge in [-0.25, -0.2) is 4.79 Å². The smallest absolute Gasteiger partial charge is 0.335 e. The molecular formula is C65H94O12. The van der Waals surface area contributed by atoms with Crippen molar-refractivity contribution in [2.24, 2.45) is 0 Å². The molecule has 0 aromatic rings. The van der Waals surface area contributed by atoms with E-state index in [0.29, 0.717) is 32.1 Å². The molecule has 1 rings (SSSR count). The Bertz CT molecular complexity index is 1990. The molecule has 0 saturated carbocycles. The van der Waals surface area contributed by atoms with Crippen molar-refractivity contribution >= 4 is 23.9 Å². The highest BCUT2D eigenvalue weighted by Crippen LogP contribution is 2.26. The number of allylic oxidation sites excluding steroid dienone is 27. The molecule has 0 aliphatic carbocycles. The van der Waals surface area contributed by atoms with Gasteiger partial charge < -0.3 is 39.0 Å². The van der Waals surface area contributed by atoms with Crippen LogP contribution < -0.4 is 0 Å². The predicted molar refractivity (Wildman–Crippen MR) is 312 cm³/mol. The summed E-state index contributed by atoms with van der Waals surface area (Å²) in [6, 6.07) is 0. The lowest BCUT2D eigenvalue weighted by Crippen LogP contribution is -2.61. The van der Waals surface area contributed by atoms with Gasteiger partial charge in [-0.3, -0.25) is 14.4 Å². The van der Waals surface area contributed by atoms with E-state index in [1.807, 2.05) is 36.5 Å². The number of aliphatic hydroxyl groups is 2. The van der Waals surface area contributed by atoms with Crippen molar-refractivity contribution < 1.29 is 58.2 Å². The van der Waals surface area contributed by atoms with E-state index >= 15 is 0 Å². The Morgan fingerprint density at radius 2 is 0.818 bits per heavy atom. The Morgan fingerprint density at radius 1 is 0.442 bits per heavy atom. The van der Waals surface area contributed by atoms with Gasteiger partial charge in [0.25, 0.3) is 0 Å². The molecule has 77 heavy (non-hydrogen) atoms. The molecule has 1 heterocycles. The molecule has 6 atom stereocenters. The summed E-state index contributed by atoms with van der Waals surface area (Å²) < 4.78 is 28.1. The fraction of sp³-hybridized carbons (Fsp3) is 0.508. The Morgan fingerprint density at radius 3 is 1.23 bits per heavy atom. The number of hydrogen-bond donors (Lipinski definition) is 3. The van der Waals surface area contributed by atoms with Crippen molar-refractivity contribution in [3.8, 4) is 0 Å². The summed E-state index contributed by atoms with van der Waals surface area (Å²) in [5.41, 5.74) is 0. The zero-order valence-corrected chi connectivity index (χ0v) is 46.6. The fourth-order valence-electron chi connectivity index (χ4n) is 7.11. The van der Waals surface area contributed by atoms with Crippen LogP contribution in [0, 0.1) is 0 Å². The van der Waals surface area contributed by atoms with Gasteiger partial charge >= 0.3 is 23.9 Å². The second kappa shape index (κ2) is 50.9. The van der Waals surface area contributed by atoms with Crippen LogP contribution in [0.15, 0.2) is 170 Å². The van der Waals surface area contributed by atoms with Crippen LogP contribution in [0.2, 0.25) is 0 Å². The van der Waals surface area contributed by atoms with Crippen LogP contribution in [0.4, 0.5) is 0 Å². The molecule has 1 fully saturated rings. The van der Waals surface area contributed by atoms with Crippen LogP contribution in [0.3, 0.4) is 0 Å². The minimum absolute atomic E-state index is 0.0189. The average Bonchev–Trinajstić information content (AvgIpc) is 3.42. The van der Waals surface area contributed by atoms with Crippen molar-refractivity contribution in [3.05, 3.63) is 170 Å². The lowest BCUT2D eigenvalue weighted by molar-refractivity contribution is -0.301. The molecule has 3 N–H and O–H groups in total. The second-order valence-corrected chi connectivity index (χ2v) is 18.1. The molecule has 0 bridgehead atoms. The zero-order valence-electron chi connectivity index (χ0n) is 46.6. The molecule has 6 unspecified atom stereocenters. The highest BCUT2D eigenvalue weighted by atomic mass is 16.7. The first-order chi connectivity index (χ1) is 37.6. The summed E-state index contributed by atoms with van der Waals surface area (Å²) in [7, 11) is 0. The average molecular weight is 1070 g/mol. The minimum Gasteiger partial charge on any atom is -0.479 e. The van der Waals surface area contributed by atoms with Crippen molar-refractivity contribution in [2.45, 2.75) is 199 Å². The second-order valence-electron chi connectivity index (χ2n) is 18.1. The molecule has 0 radical (unpaired) electrons.